The van der Waals surface area contributed by atoms with Crippen LogP contribution in [0.3, 0.4) is 0 Å². The zero-order valence-electron chi connectivity index (χ0n) is 8.82. The molecule has 84 valence electrons. The maximum absolute atomic E-state index is 10.9. The van der Waals surface area contributed by atoms with Crippen LogP contribution in [0.2, 0.25) is 0 Å². The van der Waals surface area contributed by atoms with Gasteiger partial charge in [-0.15, -0.1) is 5.10 Å². The topological polar surface area (TPSA) is 105 Å². The minimum atomic E-state index is -1.07. The highest BCUT2D eigenvalue weighted by Gasteiger charge is 2.15. The van der Waals surface area contributed by atoms with Gasteiger partial charge in [-0.05, 0) is 13.0 Å². The van der Waals surface area contributed by atoms with E-state index in [0.717, 1.165) is 0 Å². The highest BCUT2D eigenvalue weighted by Crippen LogP contribution is 2.12. The Morgan fingerprint density at radius 2 is 2.35 bits per heavy atom. The smallest absolute Gasteiger partial charge is 0.339 e. The Morgan fingerprint density at radius 1 is 1.59 bits per heavy atom. The number of carboxylic acids is 1. The van der Waals surface area contributed by atoms with E-state index in [0.29, 0.717) is 5.69 Å². The molecule has 2 rings (SSSR count). The molecule has 1 N–H and O–H groups in total. The van der Waals surface area contributed by atoms with Crippen molar-refractivity contribution in [3.05, 3.63) is 35.3 Å². The molecule has 0 bridgehead atoms. The molecule has 0 atom stereocenters. The molecule has 0 spiro atoms. The SMILES string of the molecule is Cc1nn(-c2nnccc2C#N)cc1C(=O)O. The van der Waals surface area contributed by atoms with Crippen LogP contribution in [0.1, 0.15) is 21.6 Å². The van der Waals surface area contributed by atoms with E-state index < -0.39 is 5.97 Å². The number of rotatable bonds is 2. The Bertz CT molecular complexity index is 626. The van der Waals surface area contributed by atoms with Gasteiger partial charge in [0, 0.05) is 6.20 Å². The Kier molecular flexibility index (Phi) is 2.54. The van der Waals surface area contributed by atoms with Crippen LogP contribution in [-0.2, 0) is 0 Å². The van der Waals surface area contributed by atoms with Crippen molar-refractivity contribution in [2.75, 3.05) is 0 Å². The summed E-state index contributed by atoms with van der Waals surface area (Å²) in [6, 6.07) is 3.43. The first kappa shape index (κ1) is 10.8. The van der Waals surface area contributed by atoms with Gasteiger partial charge >= 0.3 is 5.97 Å². The van der Waals surface area contributed by atoms with Crippen LogP contribution in [0.25, 0.3) is 5.82 Å². The number of nitrogens with zero attached hydrogens (tertiary/aromatic N) is 5. The van der Waals surface area contributed by atoms with Gasteiger partial charge in [0.05, 0.1) is 11.9 Å². The van der Waals surface area contributed by atoms with Gasteiger partial charge in [0.1, 0.15) is 17.2 Å². The van der Waals surface area contributed by atoms with Crippen LogP contribution in [-0.4, -0.2) is 31.1 Å². The maximum Gasteiger partial charge on any atom is 0.339 e. The first-order chi connectivity index (χ1) is 8.13. The molecule has 0 saturated carbocycles. The van der Waals surface area contributed by atoms with Crippen molar-refractivity contribution in [1.29, 1.82) is 5.26 Å². The minimum Gasteiger partial charge on any atom is -0.478 e. The van der Waals surface area contributed by atoms with E-state index >= 15 is 0 Å². The number of aryl methyl sites for hydroxylation is 1. The predicted octanol–water partition coefficient (Wildman–Crippen LogP) is 0.541. The molecule has 2 heterocycles. The third kappa shape index (κ3) is 1.83. The second kappa shape index (κ2) is 4.02. The molecule has 7 nitrogen and oxygen atoms in total. The van der Waals surface area contributed by atoms with Gasteiger partial charge in [-0.1, -0.05) is 0 Å². The van der Waals surface area contributed by atoms with Crippen LogP contribution in [0.5, 0.6) is 0 Å². The van der Waals surface area contributed by atoms with Crippen molar-refractivity contribution >= 4 is 5.97 Å². The second-order valence-electron chi connectivity index (χ2n) is 3.26. The number of carboxylic acid groups (broad SMARTS) is 1. The standard InChI is InChI=1S/C10H7N5O2/c1-6-8(10(16)17)5-15(14-6)9-7(4-11)2-3-12-13-9/h2-3,5H,1H3,(H,16,17). The van der Waals surface area contributed by atoms with Crippen LogP contribution >= 0.6 is 0 Å². The average molecular weight is 229 g/mol. The van der Waals surface area contributed by atoms with Crippen molar-refractivity contribution in [1.82, 2.24) is 20.0 Å². The zero-order valence-corrected chi connectivity index (χ0v) is 8.82. The molecule has 0 aliphatic rings. The number of aromatic carboxylic acids is 1. The lowest BCUT2D eigenvalue weighted by atomic mass is 10.3. The molecule has 0 aliphatic carbocycles. The van der Waals surface area contributed by atoms with Crippen molar-refractivity contribution < 1.29 is 9.90 Å². The fourth-order valence-corrected chi connectivity index (χ4v) is 1.36. The van der Waals surface area contributed by atoms with E-state index in [1.165, 1.54) is 23.1 Å². The van der Waals surface area contributed by atoms with Crippen molar-refractivity contribution in [3.63, 3.8) is 0 Å². The summed E-state index contributed by atoms with van der Waals surface area (Å²) in [5, 5.41) is 29.2. The largest absolute Gasteiger partial charge is 0.478 e. The van der Waals surface area contributed by atoms with Crippen LogP contribution in [0.15, 0.2) is 18.5 Å². The van der Waals surface area contributed by atoms with Crippen LogP contribution in [0, 0.1) is 18.3 Å². The Labute approximate surface area is 95.9 Å². The summed E-state index contributed by atoms with van der Waals surface area (Å²) in [5.41, 5.74) is 0.700. The molecule has 17 heavy (non-hydrogen) atoms. The van der Waals surface area contributed by atoms with Gasteiger partial charge in [-0.3, -0.25) is 0 Å². The average Bonchev–Trinajstić information content (AvgIpc) is 2.71. The van der Waals surface area contributed by atoms with E-state index in [2.05, 4.69) is 15.3 Å². The first-order valence-corrected chi connectivity index (χ1v) is 4.65. The first-order valence-electron chi connectivity index (χ1n) is 4.65. The minimum absolute atomic E-state index is 0.0690. The molecule has 7 heteroatoms. The van der Waals surface area contributed by atoms with E-state index in [4.69, 9.17) is 10.4 Å². The van der Waals surface area contributed by atoms with Gasteiger partial charge in [0.15, 0.2) is 5.82 Å². The Hall–Kier alpha value is -2.75. The normalized spacial score (nSPS) is 9.88. The summed E-state index contributed by atoms with van der Waals surface area (Å²) in [4.78, 5) is 10.9. The van der Waals surface area contributed by atoms with Crippen LogP contribution in [0.4, 0.5) is 0 Å². The molecule has 0 unspecified atom stereocenters. The fourth-order valence-electron chi connectivity index (χ4n) is 1.36. The van der Waals surface area contributed by atoms with E-state index in [-0.39, 0.29) is 16.9 Å². The molecule has 2 aromatic heterocycles. The molecule has 0 aliphatic heterocycles. The summed E-state index contributed by atoms with van der Waals surface area (Å²) < 4.78 is 1.24. The number of nitriles is 1. The lowest BCUT2D eigenvalue weighted by Gasteiger charge is -1.99. The summed E-state index contributed by atoms with van der Waals surface area (Å²) in [6.07, 6.45) is 2.69. The van der Waals surface area contributed by atoms with Gasteiger partial charge < -0.3 is 5.11 Å². The van der Waals surface area contributed by atoms with E-state index in [9.17, 15) is 4.79 Å². The highest BCUT2D eigenvalue weighted by atomic mass is 16.4. The summed E-state index contributed by atoms with van der Waals surface area (Å²) in [7, 11) is 0. The van der Waals surface area contributed by atoms with Gasteiger partial charge in [0.2, 0.25) is 0 Å². The highest BCUT2D eigenvalue weighted by molar-refractivity contribution is 5.88. The monoisotopic (exact) mass is 229 g/mol. The molecule has 0 aromatic carbocycles. The lowest BCUT2D eigenvalue weighted by Crippen LogP contribution is -2.03. The Balaban J connectivity index is 2.58. The van der Waals surface area contributed by atoms with Crippen molar-refractivity contribution in [2.24, 2.45) is 0 Å². The third-order valence-electron chi connectivity index (χ3n) is 2.17. The zero-order chi connectivity index (χ0) is 12.4. The molecule has 0 radical (unpaired) electrons. The van der Waals surface area contributed by atoms with Gasteiger partial charge in [-0.25, -0.2) is 9.48 Å². The Morgan fingerprint density at radius 3 is 2.94 bits per heavy atom. The number of carbonyl (C=O) groups is 1. The summed E-state index contributed by atoms with van der Waals surface area (Å²) >= 11 is 0. The molecule has 2 aromatic rings. The van der Waals surface area contributed by atoms with E-state index in [1.54, 1.807) is 6.92 Å². The number of aromatic nitrogens is 4. The van der Waals surface area contributed by atoms with Gasteiger partial charge in [-0.2, -0.15) is 15.5 Å². The summed E-state index contributed by atoms with van der Waals surface area (Å²) in [6.45, 7) is 1.57. The number of hydrogen-bond acceptors (Lipinski definition) is 5. The number of hydrogen-bond donors (Lipinski definition) is 1. The molecule has 0 fully saturated rings. The van der Waals surface area contributed by atoms with Crippen molar-refractivity contribution in [2.45, 2.75) is 6.92 Å². The maximum atomic E-state index is 10.9. The molecule has 0 saturated heterocycles. The molecular formula is C10H7N5O2. The van der Waals surface area contributed by atoms with E-state index in [1.807, 2.05) is 6.07 Å². The summed E-state index contributed by atoms with van der Waals surface area (Å²) in [5.74, 6) is -0.859. The van der Waals surface area contributed by atoms with Gasteiger partial charge in [0.25, 0.3) is 0 Å². The predicted molar refractivity (Wildman–Crippen MR) is 55.6 cm³/mol. The van der Waals surface area contributed by atoms with Crippen LogP contribution < -0.4 is 0 Å². The fraction of sp³-hybridized carbons (Fsp3) is 0.100. The quantitative estimate of drug-likeness (QED) is 0.805. The molecular weight excluding hydrogens is 222 g/mol. The second-order valence-corrected chi connectivity index (χ2v) is 3.26. The molecule has 0 amide bonds. The van der Waals surface area contributed by atoms with Crippen molar-refractivity contribution in [3.8, 4) is 11.9 Å². The third-order valence-corrected chi connectivity index (χ3v) is 2.17. The lowest BCUT2D eigenvalue weighted by molar-refractivity contribution is 0.0696.